The molecule has 0 saturated heterocycles. The second kappa shape index (κ2) is 8.72. The number of ether oxygens (including phenoxy) is 1. The van der Waals surface area contributed by atoms with E-state index in [2.05, 4.69) is 25.7 Å². The van der Waals surface area contributed by atoms with Crippen LogP contribution in [0.25, 0.3) is 0 Å². The highest BCUT2D eigenvalue weighted by atomic mass is 32.2. The van der Waals surface area contributed by atoms with Crippen LogP contribution in [0.5, 0.6) is 6.01 Å². The van der Waals surface area contributed by atoms with E-state index in [4.69, 9.17) is 15.7 Å². The maximum absolute atomic E-state index is 8.63. The fourth-order valence-corrected chi connectivity index (χ4v) is 1.88. The van der Waals surface area contributed by atoms with E-state index < -0.39 is 0 Å². The van der Waals surface area contributed by atoms with Crippen LogP contribution in [0.1, 0.15) is 6.42 Å². The lowest BCUT2D eigenvalue weighted by atomic mass is 10.5. The van der Waals surface area contributed by atoms with Gasteiger partial charge in [0, 0.05) is 18.9 Å². The number of aromatic nitrogens is 3. The number of nitrogen functional groups attached to an aromatic ring is 1. The standard InChI is InChI=1S/C9H18N6O2S/c1-17-9-13-7(12-8(14-9)15-10)11-3-6-18-5-2-4-16/h16H,2-6,10H2,1H3,(H2,11,12,13,14,15). The molecule has 1 aromatic heterocycles. The van der Waals surface area contributed by atoms with Crippen LogP contribution in [-0.4, -0.2) is 51.8 Å². The second-order valence-electron chi connectivity index (χ2n) is 3.23. The van der Waals surface area contributed by atoms with Crippen LogP contribution in [0.4, 0.5) is 11.9 Å². The Morgan fingerprint density at radius 2 is 2.06 bits per heavy atom. The molecular weight excluding hydrogens is 256 g/mol. The van der Waals surface area contributed by atoms with Gasteiger partial charge in [-0.1, -0.05) is 0 Å². The molecule has 0 spiro atoms. The number of nitrogens with one attached hydrogen (secondary N) is 2. The van der Waals surface area contributed by atoms with E-state index in [1.54, 1.807) is 11.8 Å². The zero-order chi connectivity index (χ0) is 13.2. The first-order valence-electron chi connectivity index (χ1n) is 5.49. The van der Waals surface area contributed by atoms with Crippen molar-refractivity contribution in [1.29, 1.82) is 0 Å². The summed E-state index contributed by atoms with van der Waals surface area (Å²) in [4.78, 5) is 12.0. The SMILES string of the molecule is COc1nc(NN)nc(NCCSCCCO)n1. The van der Waals surface area contributed by atoms with Crippen LogP contribution in [0.15, 0.2) is 0 Å². The highest BCUT2D eigenvalue weighted by Gasteiger charge is 2.04. The molecule has 1 rings (SSSR count). The minimum Gasteiger partial charge on any atom is -0.467 e. The third-order valence-electron chi connectivity index (χ3n) is 1.90. The smallest absolute Gasteiger partial charge is 0.322 e. The van der Waals surface area contributed by atoms with Crippen molar-refractivity contribution in [2.24, 2.45) is 5.84 Å². The van der Waals surface area contributed by atoms with Crippen molar-refractivity contribution in [2.45, 2.75) is 6.42 Å². The molecule has 9 heteroatoms. The van der Waals surface area contributed by atoms with Crippen LogP contribution < -0.4 is 21.3 Å². The predicted octanol–water partition coefficient (Wildman–Crippen LogP) is -0.307. The number of rotatable bonds is 9. The minimum absolute atomic E-state index is 0.202. The number of thioether (sulfide) groups is 1. The zero-order valence-electron chi connectivity index (χ0n) is 10.2. The van der Waals surface area contributed by atoms with Crippen LogP contribution in [0.3, 0.4) is 0 Å². The summed E-state index contributed by atoms with van der Waals surface area (Å²) in [7, 11) is 1.48. The summed E-state index contributed by atoms with van der Waals surface area (Å²) in [6.45, 7) is 0.948. The average molecular weight is 274 g/mol. The summed E-state index contributed by atoms with van der Waals surface area (Å²) >= 11 is 1.75. The third-order valence-corrected chi connectivity index (χ3v) is 2.97. The van der Waals surface area contributed by atoms with E-state index in [0.29, 0.717) is 12.5 Å². The summed E-state index contributed by atoms with van der Waals surface area (Å²) < 4.78 is 4.93. The van der Waals surface area contributed by atoms with Gasteiger partial charge < -0.3 is 15.2 Å². The first-order valence-corrected chi connectivity index (χ1v) is 6.64. The molecule has 0 aliphatic carbocycles. The van der Waals surface area contributed by atoms with Crippen molar-refractivity contribution in [3.63, 3.8) is 0 Å². The quantitative estimate of drug-likeness (QED) is 0.273. The zero-order valence-corrected chi connectivity index (χ0v) is 11.0. The molecule has 0 aliphatic heterocycles. The van der Waals surface area contributed by atoms with Crippen LogP contribution in [-0.2, 0) is 0 Å². The summed E-state index contributed by atoms with van der Waals surface area (Å²) in [6, 6.07) is 0.202. The van der Waals surface area contributed by atoms with Gasteiger partial charge in [-0.25, -0.2) is 5.84 Å². The van der Waals surface area contributed by atoms with Crippen LogP contribution in [0, 0.1) is 0 Å². The molecular formula is C9H18N6O2S. The number of nitrogens with two attached hydrogens (primary N) is 1. The Morgan fingerprint density at radius 1 is 1.28 bits per heavy atom. The number of aliphatic hydroxyl groups excluding tert-OH is 1. The number of hydrazine groups is 1. The molecule has 0 fully saturated rings. The topological polar surface area (TPSA) is 118 Å². The van der Waals surface area contributed by atoms with Gasteiger partial charge in [-0.15, -0.1) is 0 Å². The Bertz CT molecular complexity index is 332. The summed E-state index contributed by atoms with van der Waals surface area (Å²) in [5.41, 5.74) is 2.35. The van der Waals surface area contributed by atoms with Crippen LogP contribution in [0.2, 0.25) is 0 Å². The number of anilines is 2. The van der Waals surface area contributed by atoms with E-state index in [-0.39, 0.29) is 18.6 Å². The molecule has 0 bridgehead atoms. The van der Waals surface area contributed by atoms with Gasteiger partial charge in [0.2, 0.25) is 11.9 Å². The molecule has 0 atom stereocenters. The fourth-order valence-electron chi connectivity index (χ4n) is 1.10. The lowest BCUT2D eigenvalue weighted by Gasteiger charge is -2.07. The third kappa shape index (κ3) is 5.34. The highest BCUT2D eigenvalue weighted by molar-refractivity contribution is 7.99. The molecule has 0 saturated carbocycles. The van der Waals surface area contributed by atoms with Crippen molar-refractivity contribution < 1.29 is 9.84 Å². The molecule has 18 heavy (non-hydrogen) atoms. The van der Waals surface area contributed by atoms with E-state index in [1.165, 1.54) is 7.11 Å². The van der Waals surface area contributed by atoms with E-state index in [0.717, 1.165) is 17.9 Å². The second-order valence-corrected chi connectivity index (χ2v) is 4.45. The van der Waals surface area contributed by atoms with Crippen molar-refractivity contribution in [2.75, 3.05) is 42.5 Å². The van der Waals surface area contributed by atoms with Crippen molar-refractivity contribution >= 4 is 23.7 Å². The maximum atomic E-state index is 8.63. The monoisotopic (exact) mass is 274 g/mol. The van der Waals surface area contributed by atoms with Gasteiger partial charge >= 0.3 is 6.01 Å². The molecule has 1 aromatic rings. The molecule has 102 valence electrons. The fraction of sp³-hybridized carbons (Fsp3) is 0.667. The van der Waals surface area contributed by atoms with Gasteiger partial charge in [-0.05, 0) is 12.2 Å². The highest BCUT2D eigenvalue weighted by Crippen LogP contribution is 2.10. The Balaban J connectivity index is 2.36. The van der Waals surface area contributed by atoms with Crippen molar-refractivity contribution in [3.05, 3.63) is 0 Å². The van der Waals surface area contributed by atoms with Gasteiger partial charge in [0.1, 0.15) is 0 Å². The van der Waals surface area contributed by atoms with E-state index >= 15 is 0 Å². The Kier molecular flexibility index (Phi) is 7.14. The normalized spacial score (nSPS) is 10.2. The van der Waals surface area contributed by atoms with Gasteiger partial charge in [0.25, 0.3) is 0 Å². The number of nitrogens with zero attached hydrogens (tertiary/aromatic N) is 3. The number of aliphatic hydroxyl groups is 1. The van der Waals surface area contributed by atoms with E-state index in [1.807, 2.05) is 0 Å². The molecule has 0 unspecified atom stereocenters. The molecule has 8 nitrogen and oxygen atoms in total. The van der Waals surface area contributed by atoms with E-state index in [9.17, 15) is 0 Å². The lowest BCUT2D eigenvalue weighted by Crippen LogP contribution is -2.15. The summed E-state index contributed by atoms with van der Waals surface area (Å²) in [5.74, 6) is 7.74. The number of methoxy groups -OCH3 is 1. The first-order chi connectivity index (χ1) is 8.80. The average Bonchev–Trinajstić information content (AvgIpc) is 2.42. The van der Waals surface area contributed by atoms with Crippen LogP contribution >= 0.6 is 11.8 Å². The molecule has 0 aliphatic rings. The minimum atomic E-state index is 0.202. The number of hydrogen-bond acceptors (Lipinski definition) is 9. The summed E-state index contributed by atoms with van der Waals surface area (Å²) in [6.07, 6.45) is 0.811. The van der Waals surface area contributed by atoms with Gasteiger partial charge in [-0.2, -0.15) is 26.7 Å². The maximum Gasteiger partial charge on any atom is 0.322 e. The predicted molar refractivity (Wildman–Crippen MR) is 71.7 cm³/mol. The Morgan fingerprint density at radius 3 is 2.72 bits per heavy atom. The van der Waals surface area contributed by atoms with Gasteiger partial charge in [-0.3, -0.25) is 5.43 Å². The molecule has 0 amide bonds. The molecule has 5 N–H and O–H groups in total. The lowest BCUT2D eigenvalue weighted by molar-refractivity contribution is 0.296. The van der Waals surface area contributed by atoms with Gasteiger partial charge in [0.15, 0.2) is 0 Å². The summed E-state index contributed by atoms with van der Waals surface area (Å²) in [5, 5.41) is 11.7. The van der Waals surface area contributed by atoms with Crippen molar-refractivity contribution in [3.8, 4) is 6.01 Å². The number of hydrogen-bond donors (Lipinski definition) is 4. The Labute approximate surface area is 110 Å². The molecule has 1 heterocycles. The molecule has 0 aromatic carbocycles. The Hall–Kier alpha value is -1.32. The van der Waals surface area contributed by atoms with Crippen molar-refractivity contribution in [1.82, 2.24) is 15.0 Å². The largest absolute Gasteiger partial charge is 0.467 e. The first kappa shape index (κ1) is 14.7. The molecule has 0 radical (unpaired) electrons. The van der Waals surface area contributed by atoms with Gasteiger partial charge in [0.05, 0.1) is 7.11 Å².